The minimum absolute atomic E-state index is 0.114. The first-order chi connectivity index (χ1) is 7.20. The van der Waals surface area contributed by atoms with Crippen LogP contribution in [0.1, 0.15) is 13.8 Å². The Morgan fingerprint density at radius 2 is 2.20 bits per heavy atom. The van der Waals surface area contributed by atoms with E-state index in [1.54, 1.807) is 23.1 Å². The smallest absolute Gasteiger partial charge is 0.236 e. The summed E-state index contributed by atoms with van der Waals surface area (Å²) in [5.74, 6) is 0.632. The molecule has 0 radical (unpaired) electrons. The van der Waals surface area contributed by atoms with Gasteiger partial charge in [0, 0.05) is 0 Å². The van der Waals surface area contributed by atoms with Gasteiger partial charge < -0.3 is 4.74 Å². The van der Waals surface area contributed by atoms with Crippen molar-refractivity contribution in [2.24, 2.45) is 0 Å². The second-order valence-electron chi connectivity index (χ2n) is 3.18. The van der Waals surface area contributed by atoms with Gasteiger partial charge in [-0.05, 0) is 20.1 Å². The second-order valence-corrected chi connectivity index (χ2v) is 5.23. The molecule has 0 aliphatic rings. The highest BCUT2D eigenvalue weighted by Gasteiger charge is 2.11. The summed E-state index contributed by atoms with van der Waals surface area (Å²) < 4.78 is 7.51. The molecular weight excluding hydrogens is 230 g/mol. The predicted octanol–water partition coefficient (Wildman–Crippen LogP) is 2.60. The van der Waals surface area contributed by atoms with E-state index in [0.29, 0.717) is 5.88 Å². The number of nitrogens with zero attached hydrogens (tertiary/aromatic N) is 3. The van der Waals surface area contributed by atoms with E-state index >= 15 is 0 Å². The third-order valence-electron chi connectivity index (χ3n) is 1.66. The lowest BCUT2D eigenvalue weighted by atomic mass is 10.5. The van der Waals surface area contributed by atoms with Gasteiger partial charge in [-0.2, -0.15) is 0 Å². The number of ether oxygens (including phenoxy) is 1. The first kappa shape index (κ1) is 10.6. The van der Waals surface area contributed by atoms with Crippen molar-refractivity contribution in [3.05, 3.63) is 6.33 Å². The fourth-order valence-electron chi connectivity index (χ4n) is 1.11. The van der Waals surface area contributed by atoms with Gasteiger partial charge in [0.1, 0.15) is 11.0 Å². The number of thioether (sulfide) groups is 1. The van der Waals surface area contributed by atoms with Crippen molar-refractivity contribution in [2.75, 3.05) is 6.26 Å². The van der Waals surface area contributed by atoms with Gasteiger partial charge in [-0.3, -0.25) is 0 Å². The molecule has 0 amide bonds. The van der Waals surface area contributed by atoms with E-state index in [4.69, 9.17) is 4.74 Å². The number of fused-ring (bicyclic) bond motifs is 1. The van der Waals surface area contributed by atoms with Gasteiger partial charge in [-0.25, -0.2) is 15.0 Å². The maximum atomic E-state index is 5.60. The van der Waals surface area contributed by atoms with Gasteiger partial charge in [-0.1, -0.05) is 11.8 Å². The highest BCUT2D eigenvalue weighted by Crippen LogP contribution is 2.32. The summed E-state index contributed by atoms with van der Waals surface area (Å²) in [5.41, 5.74) is 0.718. The molecule has 0 aliphatic heterocycles. The van der Waals surface area contributed by atoms with Crippen LogP contribution in [0.5, 0.6) is 5.88 Å². The maximum Gasteiger partial charge on any atom is 0.236 e. The van der Waals surface area contributed by atoms with Crippen LogP contribution in [0, 0.1) is 0 Å². The molecule has 0 saturated carbocycles. The summed E-state index contributed by atoms with van der Waals surface area (Å²) >= 11 is 3.17. The predicted molar refractivity (Wildman–Crippen MR) is 62.8 cm³/mol. The Morgan fingerprint density at radius 1 is 1.40 bits per heavy atom. The molecule has 0 aromatic carbocycles. The van der Waals surface area contributed by atoms with Crippen LogP contribution >= 0.6 is 23.1 Å². The Kier molecular flexibility index (Phi) is 3.06. The van der Waals surface area contributed by atoms with Crippen molar-refractivity contribution in [3.63, 3.8) is 0 Å². The molecular formula is C9H11N3OS2. The van der Waals surface area contributed by atoms with Gasteiger partial charge in [-0.15, -0.1) is 11.3 Å². The Bertz CT molecular complexity index is 469. The molecule has 0 atom stereocenters. The number of hydrogen-bond acceptors (Lipinski definition) is 6. The average Bonchev–Trinajstić information content (AvgIpc) is 2.61. The molecule has 2 aromatic heterocycles. The van der Waals surface area contributed by atoms with Crippen molar-refractivity contribution < 1.29 is 4.74 Å². The molecule has 0 fully saturated rings. The SMILES string of the molecule is CSc1nc2ncnc(OC(C)C)c2s1. The van der Waals surface area contributed by atoms with E-state index in [9.17, 15) is 0 Å². The zero-order valence-corrected chi connectivity index (χ0v) is 10.4. The van der Waals surface area contributed by atoms with E-state index in [1.165, 1.54) is 6.33 Å². The van der Waals surface area contributed by atoms with Crippen molar-refractivity contribution >= 4 is 33.4 Å². The third kappa shape index (κ3) is 2.21. The Hall–Kier alpha value is -0.880. The average molecular weight is 241 g/mol. The monoisotopic (exact) mass is 241 g/mol. The zero-order valence-electron chi connectivity index (χ0n) is 8.72. The van der Waals surface area contributed by atoms with Crippen molar-refractivity contribution in [2.45, 2.75) is 24.3 Å². The molecule has 6 heteroatoms. The highest BCUT2D eigenvalue weighted by atomic mass is 32.2. The molecule has 4 nitrogen and oxygen atoms in total. The fraction of sp³-hybridized carbons (Fsp3) is 0.444. The first-order valence-corrected chi connectivity index (χ1v) is 6.57. The fourth-order valence-corrected chi connectivity index (χ4v) is 2.55. The lowest BCUT2D eigenvalue weighted by Crippen LogP contribution is -2.06. The summed E-state index contributed by atoms with van der Waals surface area (Å²) in [5, 5.41) is 0. The van der Waals surface area contributed by atoms with Crippen LogP contribution in [0.2, 0.25) is 0 Å². The number of thiazole rings is 1. The van der Waals surface area contributed by atoms with E-state index in [-0.39, 0.29) is 6.10 Å². The molecule has 0 aliphatic carbocycles. The molecule has 0 bridgehead atoms. The molecule has 0 unspecified atom stereocenters. The Labute approximate surface area is 96.1 Å². The van der Waals surface area contributed by atoms with Crippen molar-refractivity contribution in [1.29, 1.82) is 0 Å². The van der Waals surface area contributed by atoms with E-state index in [0.717, 1.165) is 14.7 Å². The molecule has 2 aromatic rings. The number of hydrogen-bond donors (Lipinski definition) is 0. The normalized spacial score (nSPS) is 11.2. The number of aromatic nitrogens is 3. The maximum absolute atomic E-state index is 5.60. The Balaban J connectivity index is 2.49. The van der Waals surface area contributed by atoms with E-state index in [1.807, 2.05) is 20.1 Å². The van der Waals surface area contributed by atoms with Crippen LogP contribution < -0.4 is 4.74 Å². The summed E-state index contributed by atoms with van der Waals surface area (Å²) in [4.78, 5) is 12.6. The summed E-state index contributed by atoms with van der Waals surface area (Å²) in [6.45, 7) is 3.95. The Morgan fingerprint density at radius 3 is 2.87 bits per heavy atom. The van der Waals surface area contributed by atoms with Crippen LogP contribution in [0.3, 0.4) is 0 Å². The van der Waals surface area contributed by atoms with Crippen molar-refractivity contribution in [1.82, 2.24) is 15.0 Å². The first-order valence-electron chi connectivity index (χ1n) is 4.53. The van der Waals surface area contributed by atoms with Crippen LogP contribution in [-0.2, 0) is 0 Å². The van der Waals surface area contributed by atoms with Gasteiger partial charge in [0.2, 0.25) is 5.88 Å². The topological polar surface area (TPSA) is 47.9 Å². The molecule has 2 rings (SSSR count). The second kappa shape index (κ2) is 4.32. The van der Waals surface area contributed by atoms with Crippen LogP contribution in [0.15, 0.2) is 10.7 Å². The summed E-state index contributed by atoms with van der Waals surface area (Å²) in [7, 11) is 0. The summed E-state index contributed by atoms with van der Waals surface area (Å²) in [6.07, 6.45) is 3.60. The number of rotatable bonds is 3. The standard InChI is InChI=1S/C9H11N3OS2/c1-5(2)13-8-6-7(10-4-11-8)12-9(14-3)15-6/h4-5H,1-3H3. The van der Waals surface area contributed by atoms with Crippen molar-refractivity contribution in [3.8, 4) is 5.88 Å². The lowest BCUT2D eigenvalue weighted by Gasteiger charge is -2.07. The lowest BCUT2D eigenvalue weighted by molar-refractivity contribution is 0.236. The molecule has 0 N–H and O–H groups in total. The van der Waals surface area contributed by atoms with Crippen LogP contribution in [0.25, 0.3) is 10.3 Å². The van der Waals surface area contributed by atoms with Crippen LogP contribution in [-0.4, -0.2) is 27.3 Å². The molecule has 2 heterocycles. The van der Waals surface area contributed by atoms with Gasteiger partial charge in [0.25, 0.3) is 0 Å². The highest BCUT2D eigenvalue weighted by molar-refractivity contribution is 8.00. The van der Waals surface area contributed by atoms with E-state index in [2.05, 4.69) is 15.0 Å². The molecule has 15 heavy (non-hydrogen) atoms. The molecule has 80 valence electrons. The zero-order chi connectivity index (χ0) is 10.8. The molecule has 0 spiro atoms. The van der Waals surface area contributed by atoms with Gasteiger partial charge in [0.05, 0.1) is 6.10 Å². The molecule has 0 saturated heterocycles. The van der Waals surface area contributed by atoms with Crippen LogP contribution in [0.4, 0.5) is 0 Å². The largest absolute Gasteiger partial charge is 0.474 e. The van der Waals surface area contributed by atoms with Gasteiger partial charge in [0.15, 0.2) is 9.99 Å². The minimum atomic E-state index is 0.114. The third-order valence-corrected chi connectivity index (χ3v) is 3.68. The van der Waals surface area contributed by atoms with Gasteiger partial charge >= 0.3 is 0 Å². The summed E-state index contributed by atoms with van der Waals surface area (Å²) in [6, 6.07) is 0. The quantitative estimate of drug-likeness (QED) is 0.773. The minimum Gasteiger partial charge on any atom is -0.474 e. The van der Waals surface area contributed by atoms with E-state index < -0.39 is 0 Å².